The van der Waals surface area contributed by atoms with Crippen molar-refractivity contribution in [3.05, 3.63) is 29.8 Å². The number of hydrogen-bond acceptors (Lipinski definition) is 3. The molecule has 0 aromatic heterocycles. The Morgan fingerprint density at radius 2 is 2.05 bits per heavy atom. The molecule has 1 aromatic rings. The van der Waals surface area contributed by atoms with E-state index in [2.05, 4.69) is 29.1 Å². The van der Waals surface area contributed by atoms with E-state index in [4.69, 9.17) is 10.9 Å². The van der Waals surface area contributed by atoms with E-state index in [0.29, 0.717) is 0 Å². The van der Waals surface area contributed by atoms with Gasteiger partial charge in [0, 0.05) is 24.3 Å². The van der Waals surface area contributed by atoms with Crippen molar-refractivity contribution in [2.24, 2.45) is 16.8 Å². The second-order valence-corrected chi connectivity index (χ2v) is 5.60. The number of nitrogens with zero attached hydrogens (tertiary/aromatic N) is 2. The predicted octanol–water partition coefficient (Wildman–Crippen LogP) is 3.19. The molecular formula is C16H25N3O. The molecule has 4 heteroatoms. The third-order valence-electron chi connectivity index (χ3n) is 4.18. The van der Waals surface area contributed by atoms with Gasteiger partial charge in [0.1, 0.15) is 0 Å². The van der Waals surface area contributed by atoms with Crippen LogP contribution in [0.25, 0.3) is 0 Å². The van der Waals surface area contributed by atoms with Crippen LogP contribution in [-0.2, 0) is 0 Å². The minimum absolute atomic E-state index is 0.162. The van der Waals surface area contributed by atoms with E-state index in [1.165, 1.54) is 37.8 Å². The van der Waals surface area contributed by atoms with Gasteiger partial charge >= 0.3 is 0 Å². The van der Waals surface area contributed by atoms with Crippen molar-refractivity contribution in [3.63, 3.8) is 0 Å². The highest BCUT2D eigenvalue weighted by atomic mass is 16.4. The average Bonchev–Trinajstić information content (AvgIpc) is 2.73. The normalized spacial score (nSPS) is 20.8. The number of benzene rings is 1. The van der Waals surface area contributed by atoms with Gasteiger partial charge in [0.05, 0.1) is 0 Å². The van der Waals surface area contributed by atoms with Crippen molar-refractivity contribution < 1.29 is 5.21 Å². The smallest absolute Gasteiger partial charge is 0.170 e. The second kappa shape index (κ2) is 7.17. The molecule has 2 rings (SSSR count). The van der Waals surface area contributed by atoms with Crippen molar-refractivity contribution in [2.75, 3.05) is 18.0 Å². The second-order valence-electron chi connectivity index (χ2n) is 5.60. The quantitative estimate of drug-likeness (QED) is 0.384. The Balaban J connectivity index is 2.01. The van der Waals surface area contributed by atoms with Crippen LogP contribution in [0.2, 0.25) is 0 Å². The molecule has 20 heavy (non-hydrogen) atoms. The summed E-state index contributed by atoms with van der Waals surface area (Å²) in [5, 5.41) is 11.7. The molecule has 1 saturated heterocycles. The SMILES string of the molecule is CCCC1CCCN(c2ccc(C(N)=NO)cc2)CC1. The molecule has 0 amide bonds. The summed E-state index contributed by atoms with van der Waals surface area (Å²) in [4.78, 5) is 2.45. The van der Waals surface area contributed by atoms with Crippen molar-refractivity contribution in [2.45, 2.75) is 39.0 Å². The van der Waals surface area contributed by atoms with Crippen LogP contribution in [0.4, 0.5) is 5.69 Å². The molecule has 1 fully saturated rings. The lowest BCUT2D eigenvalue weighted by molar-refractivity contribution is 0.318. The number of nitrogens with two attached hydrogens (primary N) is 1. The number of rotatable bonds is 4. The fraction of sp³-hybridized carbons (Fsp3) is 0.562. The van der Waals surface area contributed by atoms with Crippen LogP contribution < -0.4 is 10.6 Å². The van der Waals surface area contributed by atoms with E-state index in [9.17, 15) is 0 Å². The van der Waals surface area contributed by atoms with Gasteiger partial charge in [-0.2, -0.15) is 0 Å². The highest BCUT2D eigenvalue weighted by molar-refractivity contribution is 5.97. The first-order valence-corrected chi connectivity index (χ1v) is 7.57. The van der Waals surface area contributed by atoms with Gasteiger partial charge in [0.15, 0.2) is 5.84 Å². The number of anilines is 1. The zero-order chi connectivity index (χ0) is 14.4. The molecule has 0 aliphatic carbocycles. The van der Waals surface area contributed by atoms with Gasteiger partial charge in [-0.3, -0.25) is 0 Å². The van der Waals surface area contributed by atoms with Crippen LogP contribution in [0, 0.1) is 5.92 Å². The fourth-order valence-corrected chi connectivity index (χ4v) is 3.02. The summed E-state index contributed by atoms with van der Waals surface area (Å²) in [6, 6.07) is 7.96. The molecule has 1 aromatic carbocycles. The van der Waals surface area contributed by atoms with Crippen LogP contribution in [0.5, 0.6) is 0 Å². The Morgan fingerprint density at radius 1 is 1.30 bits per heavy atom. The molecule has 1 aliphatic heterocycles. The topological polar surface area (TPSA) is 61.8 Å². The largest absolute Gasteiger partial charge is 0.409 e. The summed E-state index contributed by atoms with van der Waals surface area (Å²) in [5.74, 6) is 1.05. The third kappa shape index (κ3) is 3.65. The van der Waals surface area contributed by atoms with Crippen molar-refractivity contribution in [3.8, 4) is 0 Å². The van der Waals surface area contributed by atoms with E-state index in [1.807, 2.05) is 12.1 Å². The Kier molecular flexibility index (Phi) is 5.27. The molecule has 1 heterocycles. The van der Waals surface area contributed by atoms with E-state index in [0.717, 1.165) is 24.6 Å². The van der Waals surface area contributed by atoms with Crippen LogP contribution in [-0.4, -0.2) is 24.1 Å². The standard InChI is InChI=1S/C16H25N3O/c1-2-4-13-5-3-11-19(12-10-13)15-8-6-14(7-9-15)16(17)18-20/h6-9,13,20H,2-5,10-12H2,1H3,(H2,17,18). The maximum absolute atomic E-state index is 8.68. The van der Waals surface area contributed by atoms with Gasteiger partial charge in [-0.25, -0.2) is 0 Å². The van der Waals surface area contributed by atoms with Crippen LogP contribution >= 0.6 is 0 Å². The van der Waals surface area contributed by atoms with Gasteiger partial charge in [-0.1, -0.05) is 24.9 Å². The number of hydrogen-bond donors (Lipinski definition) is 2. The Hall–Kier alpha value is -1.71. The van der Waals surface area contributed by atoms with Crippen LogP contribution in [0.15, 0.2) is 29.4 Å². The predicted molar refractivity (Wildman–Crippen MR) is 83.4 cm³/mol. The summed E-state index contributed by atoms with van der Waals surface area (Å²) in [7, 11) is 0. The molecule has 0 radical (unpaired) electrons. The Bertz CT molecular complexity index is 442. The Labute approximate surface area is 121 Å². The first-order valence-electron chi connectivity index (χ1n) is 7.57. The molecule has 0 bridgehead atoms. The lowest BCUT2D eigenvalue weighted by atomic mass is 9.96. The summed E-state index contributed by atoms with van der Waals surface area (Å²) in [6.07, 6.45) is 6.56. The lowest BCUT2D eigenvalue weighted by Crippen LogP contribution is -2.24. The molecule has 110 valence electrons. The molecule has 4 nitrogen and oxygen atoms in total. The van der Waals surface area contributed by atoms with Crippen LogP contribution in [0.1, 0.15) is 44.6 Å². The van der Waals surface area contributed by atoms with E-state index in [1.54, 1.807) is 0 Å². The third-order valence-corrected chi connectivity index (χ3v) is 4.18. The molecule has 0 saturated carbocycles. The van der Waals surface area contributed by atoms with E-state index in [-0.39, 0.29) is 5.84 Å². The van der Waals surface area contributed by atoms with E-state index < -0.39 is 0 Å². The highest BCUT2D eigenvalue weighted by Gasteiger charge is 2.16. The monoisotopic (exact) mass is 275 g/mol. The lowest BCUT2D eigenvalue weighted by Gasteiger charge is -2.23. The average molecular weight is 275 g/mol. The zero-order valence-electron chi connectivity index (χ0n) is 12.3. The van der Waals surface area contributed by atoms with Gasteiger partial charge in [0.25, 0.3) is 0 Å². The summed E-state index contributed by atoms with van der Waals surface area (Å²) in [5.41, 5.74) is 7.58. The maximum Gasteiger partial charge on any atom is 0.170 e. The van der Waals surface area contributed by atoms with Gasteiger partial charge in [0.2, 0.25) is 0 Å². The Morgan fingerprint density at radius 3 is 2.70 bits per heavy atom. The van der Waals surface area contributed by atoms with Gasteiger partial charge < -0.3 is 15.8 Å². The van der Waals surface area contributed by atoms with Crippen molar-refractivity contribution >= 4 is 11.5 Å². The molecule has 1 aliphatic rings. The first-order chi connectivity index (χ1) is 9.74. The molecule has 0 spiro atoms. The van der Waals surface area contributed by atoms with E-state index >= 15 is 0 Å². The first kappa shape index (κ1) is 14.7. The summed E-state index contributed by atoms with van der Waals surface area (Å²) < 4.78 is 0. The fourth-order valence-electron chi connectivity index (χ4n) is 3.02. The molecular weight excluding hydrogens is 250 g/mol. The van der Waals surface area contributed by atoms with Gasteiger partial charge in [-0.05, 0) is 49.4 Å². The molecule has 1 atom stereocenters. The highest BCUT2D eigenvalue weighted by Crippen LogP contribution is 2.25. The minimum Gasteiger partial charge on any atom is -0.409 e. The summed E-state index contributed by atoms with van der Waals surface area (Å²) >= 11 is 0. The summed E-state index contributed by atoms with van der Waals surface area (Å²) in [6.45, 7) is 4.53. The van der Waals surface area contributed by atoms with Crippen LogP contribution in [0.3, 0.4) is 0 Å². The minimum atomic E-state index is 0.162. The zero-order valence-corrected chi connectivity index (χ0v) is 12.3. The molecule has 1 unspecified atom stereocenters. The van der Waals surface area contributed by atoms with Crippen molar-refractivity contribution in [1.29, 1.82) is 0 Å². The number of amidine groups is 1. The number of oxime groups is 1. The maximum atomic E-state index is 8.68. The molecule has 3 N–H and O–H groups in total. The van der Waals surface area contributed by atoms with Crippen molar-refractivity contribution in [1.82, 2.24) is 0 Å². The van der Waals surface area contributed by atoms with Gasteiger partial charge in [-0.15, -0.1) is 0 Å².